The number of para-hydroxylation sites is 1. The van der Waals surface area contributed by atoms with Gasteiger partial charge >= 0.3 is 5.97 Å². The molecule has 1 N–H and O–H groups in total. The van der Waals surface area contributed by atoms with Crippen LogP contribution in [0.1, 0.15) is 12.8 Å². The summed E-state index contributed by atoms with van der Waals surface area (Å²) in [5, 5.41) is 3.63. The van der Waals surface area contributed by atoms with Crippen LogP contribution in [0.5, 0.6) is 0 Å². The van der Waals surface area contributed by atoms with E-state index < -0.39 is 0 Å². The summed E-state index contributed by atoms with van der Waals surface area (Å²) in [5.41, 5.74) is 0.747. The molecule has 0 atom stereocenters. The fourth-order valence-electron chi connectivity index (χ4n) is 2.42. The third kappa shape index (κ3) is 4.11. The van der Waals surface area contributed by atoms with Gasteiger partial charge in [0.05, 0.1) is 30.3 Å². The first-order chi connectivity index (χ1) is 10.1. The number of hydrogen-bond donors (Lipinski definition) is 1. The largest absolute Gasteiger partial charge is 0.469 e. The van der Waals surface area contributed by atoms with E-state index in [1.54, 1.807) is 11.0 Å². The maximum atomic E-state index is 12.1. The second-order valence-corrected chi connectivity index (χ2v) is 5.42. The number of nitrogens with zero attached hydrogens (tertiary/aromatic N) is 1. The van der Waals surface area contributed by atoms with Crippen molar-refractivity contribution in [1.29, 1.82) is 0 Å². The van der Waals surface area contributed by atoms with Gasteiger partial charge in [0.1, 0.15) is 0 Å². The molecule has 0 unspecified atom stereocenters. The zero-order chi connectivity index (χ0) is 15.2. The summed E-state index contributed by atoms with van der Waals surface area (Å²) in [7, 11) is 1.40. The van der Waals surface area contributed by atoms with Crippen LogP contribution < -0.4 is 5.32 Å². The third-order valence-corrected chi connectivity index (χ3v) is 4.02. The van der Waals surface area contributed by atoms with Gasteiger partial charge in [0.2, 0.25) is 5.91 Å². The molecule has 21 heavy (non-hydrogen) atoms. The van der Waals surface area contributed by atoms with Crippen molar-refractivity contribution in [2.24, 2.45) is 5.92 Å². The number of esters is 1. The molecule has 1 aromatic rings. The van der Waals surface area contributed by atoms with Gasteiger partial charge in [0, 0.05) is 13.1 Å². The molecule has 0 spiro atoms. The van der Waals surface area contributed by atoms with E-state index in [4.69, 9.17) is 16.3 Å². The molecule has 1 fully saturated rings. The number of rotatable bonds is 4. The average molecular weight is 311 g/mol. The molecule has 2 rings (SSSR count). The van der Waals surface area contributed by atoms with Crippen LogP contribution in [0.3, 0.4) is 0 Å². The van der Waals surface area contributed by atoms with E-state index in [9.17, 15) is 9.59 Å². The number of carbonyl (C=O) groups is 2. The maximum absolute atomic E-state index is 12.1. The lowest BCUT2D eigenvalue weighted by molar-refractivity contribution is -0.148. The van der Waals surface area contributed by atoms with Gasteiger partial charge in [-0.15, -0.1) is 0 Å². The fraction of sp³-hybridized carbons (Fsp3) is 0.467. The molecular formula is C15H19ClN2O3. The molecule has 0 radical (unpaired) electrons. The van der Waals surface area contributed by atoms with Gasteiger partial charge in [-0.25, -0.2) is 0 Å². The van der Waals surface area contributed by atoms with Crippen LogP contribution in [0.2, 0.25) is 5.02 Å². The van der Waals surface area contributed by atoms with Crippen molar-refractivity contribution >= 4 is 29.2 Å². The van der Waals surface area contributed by atoms with Crippen molar-refractivity contribution in [3.8, 4) is 0 Å². The first-order valence-electron chi connectivity index (χ1n) is 6.96. The Kier molecular flexibility index (Phi) is 5.44. The SMILES string of the molecule is COC(=O)C1CCN(C(=O)CNc2ccccc2Cl)CC1. The smallest absolute Gasteiger partial charge is 0.308 e. The molecule has 1 aliphatic heterocycles. The van der Waals surface area contributed by atoms with E-state index in [1.165, 1.54) is 7.11 Å². The molecule has 1 aromatic carbocycles. The van der Waals surface area contributed by atoms with Gasteiger partial charge in [-0.2, -0.15) is 0 Å². The van der Waals surface area contributed by atoms with Gasteiger partial charge in [0.15, 0.2) is 0 Å². The van der Waals surface area contributed by atoms with Crippen LogP contribution in [0.25, 0.3) is 0 Å². The molecule has 0 saturated carbocycles. The molecule has 0 aromatic heterocycles. The van der Waals surface area contributed by atoms with Gasteiger partial charge in [-0.05, 0) is 25.0 Å². The minimum atomic E-state index is -0.184. The Balaban J connectivity index is 1.80. The van der Waals surface area contributed by atoms with Crippen LogP contribution >= 0.6 is 11.6 Å². The highest BCUT2D eigenvalue weighted by atomic mass is 35.5. The summed E-state index contributed by atoms with van der Waals surface area (Å²) in [6.07, 6.45) is 1.31. The Labute approximate surface area is 129 Å². The van der Waals surface area contributed by atoms with Gasteiger partial charge in [-0.1, -0.05) is 23.7 Å². The van der Waals surface area contributed by atoms with Crippen LogP contribution in [-0.2, 0) is 14.3 Å². The molecule has 0 bridgehead atoms. The van der Waals surface area contributed by atoms with E-state index in [-0.39, 0.29) is 24.3 Å². The van der Waals surface area contributed by atoms with Crippen molar-refractivity contribution in [3.63, 3.8) is 0 Å². The van der Waals surface area contributed by atoms with E-state index in [2.05, 4.69) is 5.32 Å². The Bertz CT molecular complexity index is 513. The minimum absolute atomic E-state index is 0.0123. The number of hydrogen-bond acceptors (Lipinski definition) is 4. The number of likely N-dealkylation sites (tertiary alicyclic amines) is 1. The van der Waals surface area contributed by atoms with Crippen molar-refractivity contribution in [2.75, 3.05) is 32.1 Å². The Morgan fingerprint density at radius 2 is 2.00 bits per heavy atom. The van der Waals surface area contributed by atoms with E-state index in [0.29, 0.717) is 31.0 Å². The highest BCUT2D eigenvalue weighted by molar-refractivity contribution is 6.33. The first kappa shape index (κ1) is 15.6. The number of ether oxygens (including phenoxy) is 1. The van der Waals surface area contributed by atoms with Crippen molar-refractivity contribution in [3.05, 3.63) is 29.3 Å². The average Bonchev–Trinajstić information content (AvgIpc) is 2.53. The van der Waals surface area contributed by atoms with Gasteiger partial charge < -0.3 is 15.0 Å². The normalized spacial score (nSPS) is 15.6. The van der Waals surface area contributed by atoms with Crippen molar-refractivity contribution < 1.29 is 14.3 Å². The van der Waals surface area contributed by atoms with E-state index in [0.717, 1.165) is 5.69 Å². The number of carbonyl (C=O) groups excluding carboxylic acids is 2. The molecule has 0 aliphatic carbocycles. The number of anilines is 1. The second kappa shape index (κ2) is 7.31. The second-order valence-electron chi connectivity index (χ2n) is 5.01. The summed E-state index contributed by atoms with van der Waals surface area (Å²) < 4.78 is 4.73. The highest BCUT2D eigenvalue weighted by Crippen LogP contribution is 2.21. The summed E-state index contributed by atoms with van der Waals surface area (Å²) >= 11 is 6.02. The standard InChI is InChI=1S/C15H19ClN2O3/c1-21-15(20)11-6-8-18(9-7-11)14(19)10-17-13-5-3-2-4-12(13)16/h2-5,11,17H,6-10H2,1H3. The zero-order valence-corrected chi connectivity index (χ0v) is 12.7. The number of methoxy groups -OCH3 is 1. The Hall–Kier alpha value is -1.75. The molecular weight excluding hydrogens is 292 g/mol. The number of amides is 1. The number of benzene rings is 1. The highest BCUT2D eigenvalue weighted by Gasteiger charge is 2.27. The molecule has 1 heterocycles. The summed E-state index contributed by atoms with van der Waals surface area (Å²) in [6.45, 7) is 1.37. The minimum Gasteiger partial charge on any atom is -0.469 e. The lowest BCUT2D eigenvalue weighted by Crippen LogP contribution is -2.42. The maximum Gasteiger partial charge on any atom is 0.308 e. The first-order valence-corrected chi connectivity index (χ1v) is 7.33. The molecule has 1 amide bonds. The quantitative estimate of drug-likeness (QED) is 0.866. The third-order valence-electron chi connectivity index (χ3n) is 3.69. The van der Waals surface area contributed by atoms with Crippen LogP contribution in [-0.4, -0.2) is 43.5 Å². The molecule has 6 heteroatoms. The van der Waals surface area contributed by atoms with Crippen molar-refractivity contribution in [1.82, 2.24) is 4.90 Å². The predicted molar refractivity (Wildman–Crippen MR) is 81.3 cm³/mol. The molecule has 1 saturated heterocycles. The summed E-state index contributed by atoms with van der Waals surface area (Å²) in [6, 6.07) is 7.31. The van der Waals surface area contributed by atoms with Crippen LogP contribution in [0, 0.1) is 5.92 Å². The Morgan fingerprint density at radius 1 is 1.33 bits per heavy atom. The van der Waals surface area contributed by atoms with Gasteiger partial charge in [-0.3, -0.25) is 9.59 Å². The lowest BCUT2D eigenvalue weighted by Gasteiger charge is -2.30. The van der Waals surface area contributed by atoms with Crippen LogP contribution in [0.15, 0.2) is 24.3 Å². The molecule has 5 nitrogen and oxygen atoms in total. The van der Waals surface area contributed by atoms with Gasteiger partial charge in [0.25, 0.3) is 0 Å². The molecule has 1 aliphatic rings. The van der Waals surface area contributed by atoms with E-state index in [1.807, 2.05) is 18.2 Å². The number of piperidine rings is 1. The number of nitrogens with one attached hydrogen (secondary N) is 1. The lowest BCUT2D eigenvalue weighted by atomic mass is 9.97. The number of halogens is 1. The predicted octanol–water partition coefficient (Wildman–Crippen LogP) is 2.16. The monoisotopic (exact) mass is 310 g/mol. The van der Waals surface area contributed by atoms with E-state index >= 15 is 0 Å². The Morgan fingerprint density at radius 3 is 2.62 bits per heavy atom. The zero-order valence-electron chi connectivity index (χ0n) is 12.0. The summed E-state index contributed by atoms with van der Waals surface area (Å²) in [4.78, 5) is 25.3. The van der Waals surface area contributed by atoms with Crippen molar-refractivity contribution in [2.45, 2.75) is 12.8 Å². The fourth-order valence-corrected chi connectivity index (χ4v) is 2.62. The van der Waals surface area contributed by atoms with Crippen LogP contribution in [0.4, 0.5) is 5.69 Å². The summed E-state index contributed by atoms with van der Waals surface area (Å²) in [5.74, 6) is -0.259. The topological polar surface area (TPSA) is 58.6 Å². The molecule has 114 valence electrons.